The molecule has 1 amide bonds. The van der Waals surface area contributed by atoms with Crippen molar-refractivity contribution in [2.75, 3.05) is 20.2 Å². The molecule has 0 aliphatic heterocycles. The molecular formula is C11H21NO4. The predicted octanol–water partition coefficient (Wildman–Crippen LogP) is 1.12. The summed E-state index contributed by atoms with van der Waals surface area (Å²) in [4.78, 5) is 23.2. The van der Waals surface area contributed by atoms with Gasteiger partial charge in [0.05, 0.1) is 12.5 Å². The lowest BCUT2D eigenvalue weighted by Crippen LogP contribution is -2.29. The van der Waals surface area contributed by atoms with Gasteiger partial charge in [-0.1, -0.05) is 0 Å². The summed E-state index contributed by atoms with van der Waals surface area (Å²) in [7, 11) is 1.62. The second-order valence-electron chi connectivity index (χ2n) is 3.98. The normalized spacial score (nSPS) is 10.5. The molecule has 0 rings (SSSR count). The van der Waals surface area contributed by atoms with Gasteiger partial charge in [0.25, 0.3) is 0 Å². The molecule has 0 bridgehead atoms. The van der Waals surface area contributed by atoms with Gasteiger partial charge >= 0.3 is 5.97 Å². The topological polar surface area (TPSA) is 66.8 Å². The minimum Gasteiger partial charge on any atom is -0.481 e. The molecule has 0 saturated heterocycles. The van der Waals surface area contributed by atoms with Crippen molar-refractivity contribution in [1.29, 1.82) is 0 Å². The second kappa shape index (κ2) is 8.10. The van der Waals surface area contributed by atoms with E-state index in [2.05, 4.69) is 0 Å². The van der Waals surface area contributed by atoms with Crippen molar-refractivity contribution < 1.29 is 19.4 Å². The van der Waals surface area contributed by atoms with Crippen LogP contribution in [-0.2, 0) is 14.3 Å². The van der Waals surface area contributed by atoms with Gasteiger partial charge in [0.15, 0.2) is 0 Å². The molecule has 5 nitrogen and oxygen atoms in total. The lowest BCUT2D eigenvalue weighted by molar-refractivity contribution is -0.138. The maximum Gasteiger partial charge on any atom is 0.305 e. The number of carboxylic acids is 1. The standard InChI is InChI=1S/C11H21NO4/c1-9(2)16-8-4-5-10(13)12(3)7-6-11(14)15/h9H,4-8H2,1-3H3,(H,14,15). The number of carboxylic acid groups (broad SMARTS) is 1. The average Bonchev–Trinajstić information content (AvgIpc) is 2.20. The Labute approximate surface area is 96.4 Å². The van der Waals surface area contributed by atoms with Gasteiger partial charge in [0.2, 0.25) is 5.91 Å². The molecule has 5 heteroatoms. The number of nitrogens with zero attached hydrogens (tertiary/aromatic N) is 1. The fourth-order valence-electron chi connectivity index (χ4n) is 1.12. The van der Waals surface area contributed by atoms with E-state index in [-0.39, 0.29) is 25.0 Å². The van der Waals surface area contributed by atoms with Gasteiger partial charge in [-0.25, -0.2) is 0 Å². The smallest absolute Gasteiger partial charge is 0.305 e. The molecule has 0 saturated carbocycles. The summed E-state index contributed by atoms with van der Waals surface area (Å²) >= 11 is 0. The van der Waals surface area contributed by atoms with Crippen LogP contribution in [0.3, 0.4) is 0 Å². The quantitative estimate of drug-likeness (QED) is 0.636. The van der Waals surface area contributed by atoms with Crippen LogP contribution in [0.4, 0.5) is 0 Å². The molecule has 16 heavy (non-hydrogen) atoms. The van der Waals surface area contributed by atoms with Gasteiger partial charge in [-0.2, -0.15) is 0 Å². The average molecular weight is 231 g/mol. The van der Waals surface area contributed by atoms with Crippen LogP contribution in [0.15, 0.2) is 0 Å². The first-order valence-corrected chi connectivity index (χ1v) is 5.51. The molecule has 0 radical (unpaired) electrons. The maximum absolute atomic E-state index is 11.5. The molecule has 0 aromatic carbocycles. The lowest BCUT2D eigenvalue weighted by Gasteiger charge is -2.16. The van der Waals surface area contributed by atoms with E-state index >= 15 is 0 Å². The number of hydrogen-bond acceptors (Lipinski definition) is 3. The van der Waals surface area contributed by atoms with E-state index in [0.29, 0.717) is 19.4 Å². The minimum atomic E-state index is -0.886. The molecule has 0 aromatic heterocycles. The number of hydrogen-bond donors (Lipinski definition) is 1. The third-order valence-corrected chi connectivity index (χ3v) is 2.07. The lowest BCUT2D eigenvalue weighted by atomic mass is 10.3. The number of carbonyl (C=O) groups excluding carboxylic acids is 1. The van der Waals surface area contributed by atoms with Crippen LogP contribution in [-0.4, -0.2) is 48.2 Å². The van der Waals surface area contributed by atoms with Crippen molar-refractivity contribution in [3.05, 3.63) is 0 Å². The highest BCUT2D eigenvalue weighted by molar-refractivity contribution is 5.76. The number of carbonyl (C=O) groups is 2. The van der Waals surface area contributed by atoms with Crippen molar-refractivity contribution in [1.82, 2.24) is 4.90 Å². The monoisotopic (exact) mass is 231 g/mol. The highest BCUT2D eigenvalue weighted by Gasteiger charge is 2.09. The third-order valence-electron chi connectivity index (χ3n) is 2.07. The second-order valence-corrected chi connectivity index (χ2v) is 3.98. The number of amides is 1. The van der Waals surface area contributed by atoms with Crippen LogP contribution in [0.2, 0.25) is 0 Å². The Bertz CT molecular complexity index is 228. The summed E-state index contributed by atoms with van der Waals surface area (Å²) in [6.07, 6.45) is 1.25. The first-order chi connectivity index (χ1) is 7.43. The van der Waals surface area contributed by atoms with E-state index in [1.165, 1.54) is 4.90 Å². The van der Waals surface area contributed by atoms with E-state index in [1.54, 1.807) is 7.05 Å². The van der Waals surface area contributed by atoms with Gasteiger partial charge in [0, 0.05) is 26.6 Å². The Hall–Kier alpha value is -1.10. The van der Waals surface area contributed by atoms with E-state index < -0.39 is 5.97 Å². The zero-order chi connectivity index (χ0) is 12.6. The van der Waals surface area contributed by atoms with Crippen molar-refractivity contribution in [3.63, 3.8) is 0 Å². The molecule has 0 fully saturated rings. The summed E-state index contributed by atoms with van der Waals surface area (Å²) in [6, 6.07) is 0. The summed E-state index contributed by atoms with van der Waals surface area (Å²) in [5, 5.41) is 8.46. The molecule has 0 aromatic rings. The molecule has 0 aliphatic carbocycles. The van der Waals surface area contributed by atoms with Crippen LogP contribution in [0.25, 0.3) is 0 Å². The van der Waals surface area contributed by atoms with Gasteiger partial charge in [0.1, 0.15) is 0 Å². The zero-order valence-corrected chi connectivity index (χ0v) is 10.2. The summed E-state index contributed by atoms with van der Waals surface area (Å²) < 4.78 is 5.31. The van der Waals surface area contributed by atoms with E-state index in [9.17, 15) is 9.59 Å². The van der Waals surface area contributed by atoms with Crippen molar-refractivity contribution >= 4 is 11.9 Å². The van der Waals surface area contributed by atoms with Crippen molar-refractivity contribution in [2.45, 2.75) is 39.2 Å². The fourth-order valence-corrected chi connectivity index (χ4v) is 1.12. The highest BCUT2D eigenvalue weighted by Crippen LogP contribution is 1.99. The van der Waals surface area contributed by atoms with Gasteiger partial charge < -0.3 is 14.7 Å². The van der Waals surface area contributed by atoms with Crippen molar-refractivity contribution in [3.8, 4) is 0 Å². The van der Waals surface area contributed by atoms with E-state index in [0.717, 1.165) is 0 Å². The van der Waals surface area contributed by atoms with Crippen molar-refractivity contribution in [2.24, 2.45) is 0 Å². The molecule has 0 unspecified atom stereocenters. The Kier molecular flexibility index (Phi) is 7.54. The first-order valence-electron chi connectivity index (χ1n) is 5.51. The maximum atomic E-state index is 11.5. The number of rotatable bonds is 8. The Morgan fingerprint density at radius 2 is 1.94 bits per heavy atom. The van der Waals surface area contributed by atoms with Gasteiger partial charge in [-0.15, -0.1) is 0 Å². The van der Waals surface area contributed by atoms with Crippen LogP contribution in [0, 0.1) is 0 Å². The Morgan fingerprint density at radius 3 is 2.44 bits per heavy atom. The van der Waals surface area contributed by atoms with Crippen LogP contribution < -0.4 is 0 Å². The molecule has 0 heterocycles. The third kappa shape index (κ3) is 8.23. The van der Waals surface area contributed by atoms with Crippen LogP contribution in [0.5, 0.6) is 0 Å². The van der Waals surface area contributed by atoms with Gasteiger partial charge in [-0.3, -0.25) is 9.59 Å². The molecule has 94 valence electrons. The Morgan fingerprint density at radius 1 is 1.31 bits per heavy atom. The van der Waals surface area contributed by atoms with E-state index in [4.69, 9.17) is 9.84 Å². The molecule has 1 N–H and O–H groups in total. The number of ether oxygens (including phenoxy) is 1. The van der Waals surface area contributed by atoms with Crippen LogP contribution in [0.1, 0.15) is 33.1 Å². The molecule has 0 aliphatic rings. The largest absolute Gasteiger partial charge is 0.481 e. The fraction of sp³-hybridized carbons (Fsp3) is 0.818. The summed E-state index contributed by atoms with van der Waals surface area (Å²) in [5.74, 6) is -0.920. The number of aliphatic carboxylic acids is 1. The Balaban J connectivity index is 3.59. The summed E-state index contributed by atoms with van der Waals surface area (Å²) in [5.41, 5.74) is 0. The zero-order valence-electron chi connectivity index (χ0n) is 10.2. The minimum absolute atomic E-state index is 0.00919. The molecule has 0 spiro atoms. The van der Waals surface area contributed by atoms with E-state index in [1.807, 2.05) is 13.8 Å². The molecular weight excluding hydrogens is 210 g/mol. The van der Waals surface area contributed by atoms with Crippen LogP contribution >= 0.6 is 0 Å². The predicted molar refractivity (Wildman–Crippen MR) is 60.2 cm³/mol. The summed E-state index contributed by atoms with van der Waals surface area (Å²) in [6.45, 7) is 4.72. The molecule has 0 atom stereocenters. The van der Waals surface area contributed by atoms with Gasteiger partial charge in [-0.05, 0) is 20.3 Å². The SMILES string of the molecule is CC(C)OCCCC(=O)N(C)CCC(=O)O. The highest BCUT2D eigenvalue weighted by atomic mass is 16.5. The first kappa shape index (κ1) is 14.9.